The van der Waals surface area contributed by atoms with Crippen molar-refractivity contribution in [3.05, 3.63) is 108 Å². The topological polar surface area (TPSA) is 0 Å². The summed E-state index contributed by atoms with van der Waals surface area (Å²) in [6.07, 6.45) is 0. The van der Waals surface area contributed by atoms with E-state index >= 15 is 0 Å². The van der Waals surface area contributed by atoms with Gasteiger partial charge in [0.05, 0.1) is 0 Å². The lowest BCUT2D eigenvalue weighted by Gasteiger charge is -2.13. The molecule has 0 aromatic heterocycles. The van der Waals surface area contributed by atoms with Gasteiger partial charge < -0.3 is 0 Å². The molecule has 27 heavy (non-hydrogen) atoms. The van der Waals surface area contributed by atoms with E-state index in [0.29, 0.717) is 0 Å². The predicted molar refractivity (Wildman–Crippen MR) is 118 cm³/mol. The molecule has 5 rings (SSSR count). The van der Waals surface area contributed by atoms with Crippen molar-refractivity contribution in [1.29, 1.82) is 0 Å². The second-order valence-electron chi connectivity index (χ2n) is 6.97. The summed E-state index contributed by atoms with van der Waals surface area (Å²) in [7, 11) is 0. The van der Waals surface area contributed by atoms with Crippen LogP contribution in [0, 0.1) is 0 Å². The number of hydrogen-bond acceptors (Lipinski definition) is 1. The van der Waals surface area contributed by atoms with E-state index in [9.17, 15) is 0 Å². The smallest absolute Gasteiger partial charge is 0.0194 e. The Morgan fingerprint density at radius 3 is 1.33 bits per heavy atom. The van der Waals surface area contributed by atoms with E-state index in [0.717, 1.165) is 11.5 Å². The lowest BCUT2D eigenvalue weighted by molar-refractivity contribution is 1.41. The zero-order valence-electron chi connectivity index (χ0n) is 15.1. The Morgan fingerprint density at radius 1 is 0.444 bits per heavy atom. The van der Waals surface area contributed by atoms with Crippen LogP contribution in [0.4, 0.5) is 0 Å². The van der Waals surface area contributed by atoms with Gasteiger partial charge in [-0.1, -0.05) is 84.9 Å². The maximum Gasteiger partial charge on any atom is 0.0194 e. The van der Waals surface area contributed by atoms with Gasteiger partial charge in [0.1, 0.15) is 0 Å². The molecule has 0 radical (unpaired) electrons. The fourth-order valence-electron chi connectivity index (χ4n) is 3.84. The molecule has 1 aliphatic rings. The number of benzene rings is 4. The van der Waals surface area contributed by atoms with Crippen molar-refractivity contribution in [3.63, 3.8) is 0 Å². The minimum Gasteiger partial charge on any atom is -0.152 e. The molecule has 1 aliphatic heterocycles. The van der Waals surface area contributed by atoms with Crippen LogP contribution < -0.4 is 0 Å². The molecule has 130 valence electrons. The van der Waals surface area contributed by atoms with E-state index < -0.39 is 0 Å². The summed E-state index contributed by atoms with van der Waals surface area (Å²) in [6.45, 7) is 0. The first kappa shape index (κ1) is 16.4. The van der Waals surface area contributed by atoms with E-state index in [1.807, 2.05) is 11.8 Å². The van der Waals surface area contributed by atoms with Crippen LogP contribution >= 0.6 is 11.8 Å². The highest BCUT2D eigenvalue weighted by atomic mass is 32.2. The first-order valence-corrected chi connectivity index (χ1v) is 10.5. The molecule has 0 bridgehead atoms. The van der Waals surface area contributed by atoms with E-state index in [-0.39, 0.29) is 0 Å². The molecule has 1 heteroatoms. The molecule has 0 spiro atoms. The first-order valence-electron chi connectivity index (χ1n) is 9.33. The summed E-state index contributed by atoms with van der Waals surface area (Å²) in [6, 6.07) is 35.2. The van der Waals surface area contributed by atoms with E-state index in [2.05, 4.69) is 97.1 Å². The molecule has 0 amide bonds. The molecule has 0 saturated heterocycles. The van der Waals surface area contributed by atoms with Crippen molar-refractivity contribution in [2.45, 2.75) is 11.5 Å². The van der Waals surface area contributed by atoms with E-state index in [1.165, 1.54) is 44.5 Å². The molecule has 0 N–H and O–H groups in total. The maximum atomic E-state index is 2.37. The quantitative estimate of drug-likeness (QED) is 0.356. The normalized spacial score (nSPS) is 12.7. The van der Waals surface area contributed by atoms with Gasteiger partial charge >= 0.3 is 0 Å². The molecular formula is C26H20S. The highest BCUT2D eigenvalue weighted by Gasteiger charge is 2.16. The minimum absolute atomic E-state index is 1.06. The van der Waals surface area contributed by atoms with Gasteiger partial charge in [-0.2, -0.15) is 11.8 Å². The van der Waals surface area contributed by atoms with Gasteiger partial charge in [-0.05, 0) is 56.6 Å². The molecule has 0 unspecified atom stereocenters. The molecule has 0 saturated carbocycles. The molecule has 0 atom stereocenters. The predicted octanol–water partition coefficient (Wildman–Crippen LogP) is 7.43. The third-order valence-corrected chi connectivity index (χ3v) is 6.26. The van der Waals surface area contributed by atoms with Gasteiger partial charge in [0, 0.05) is 11.5 Å². The van der Waals surface area contributed by atoms with Crippen LogP contribution in [0.3, 0.4) is 0 Å². The lowest BCUT2D eigenvalue weighted by atomic mass is 9.91. The van der Waals surface area contributed by atoms with Crippen molar-refractivity contribution in [1.82, 2.24) is 0 Å². The summed E-state index contributed by atoms with van der Waals surface area (Å²) in [4.78, 5) is 0. The van der Waals surface area contributed by atoms with Crippen LogP contribution in [0.1, 0.15) is 11.1 Å². The Hall–Kier alpha value is -2.77. The van der Waals surface area contributed by atoms with Crippen LogP contribution in [0.15, 0.2) is 97.1 Å². The van der Waals surface area contributed by atoms with Gasteiger partial charge in [-0.15, -0.1) is 0 Å². The fourth-order valence-corrected chi connectivity index (χ4v) is 4.86. The molecular weight excluding hydrogens is 344 g/mol. The Morgan fingerprint density at radius 2 is 0.889 bits per heavy atom. The molecule has 1 heterocycles. The van der Waals surface area contributed by atoms with Gasteiger partial charge in [-0.3, -0.25) is 0 Å². The zero-order chi connectivity index (χ0) is 18.1. The Labute approximate surface area is 164 Å². The molecule has 0 fully saturated rings. The van der Waals surface area contributed by atoms with Gasteiger partial charge in [0.15, 0.2) is 0 Å². The van der Waals surface area contributed by atoms with E-state index in [1.54, 1.807) is 0 Å². The third kappa shape index (κ3) is 3.20. The molecule has 4 aromatic rings. The highest BCUT2D eigenvalue weighted by molar-refractivity contribution is 7.97. The van der Waals surface area contributed by atoms with Crippen molar-refractivity contribution in [3.8, 4) is 33.4 Å². The minimum atomic E-state index is 1.06. The van der Waals surface area contributed by atoms with Gasteiger partial charge in [0.2, 0.25) is 0 Å². The van der Waals surface area contributed by atoms with Crippen molar-refractivity contribution in [2.75, 3.05) is 0 Å². The summed E-state index contributed by atoms with van der Waals surface area (Å²) in [5.41, 5.74) is 10.8. The van der Waals surface area contributed by atoms with Crippen LogP contribution in [-0.4, -0.2) is 0 Å². The standard InChI is InChI=1S/C26H20S/c1-3-7-19(8-4-1)21-11-13-25-23(15-21)17-27-18-24-16-22(12-14-26(24)25)20-9-5-2-6-10-20/h1-16H,17-18H2. The average molecular weight is 365 g/mol. The first-order chi connectivity index (χ1) is 13.4. The number of thioether (sulfide) groups is 1. The summed E-state index contributed by atoms with van der Waals surface area (Å²) < 4.78 is 0. The SMILES string of the molecule is c1ccc(-c2ccc3c(c2)CSCc2cc(-c4ccccc4)ccc2-3)cc1. The third-order valence-electron chi connectivity index (χ3n) is 5.23. The van der Waals surface area contributed by atoms with E-state index in [4.69, 9.17) is 0 Å². The van der Waals surface area contributed by atoms with Crippen molar-refractivity contribution >= 4 is 11.8 Å². The summed E-state index contributed by atoms with van der Waals surface area (Å²) in [5, 5.41) is 0. The average Bonchev–Trinajstić information content (AvgIpc) is 2.93. The zero-order valence-corrected chi connectivity index (χ0v) is 15.9. The van der Waals surface area contributed by atoms with Crippen LogP contribution in [0.25, 0.3) is 33.4 Å². The largest absolute Gasteiger partial charge is 0.152 e. The van der Waals surface area contributed by atoms with Crippen molar-refractivity contribution in [2.24, 2.45) is 0 Å². The van der Waals surface area contributed by atoms with Crippen LogP contribution in [-0.2, 0) is 11.5 Å². The molecule has 4 aromatic carbocycles. The summed E-state index contributed by atoms with van der Waals surface area (Å²) in [5.74, 6) is 2.12. The second kappa shape index (κ2) is 7.09. The monoisotopic (exact) mass is 364 g/mol. The highest BCUT2D eigenvalue weighted by Crippen LogP contribution is 2.39. The molecule has 0 nitrogen and oxygen atoms in total. The number of fused-ring (bicyclic) bond motifs is 3. The number of hydrogen-bond donors (Lipinski definition) is 0. The summed E-state index contributed by atoms with van der Waals surface area (Å²) >= 11 is 2.01. The van der Waals surface area contributed by atoms with Gasteiger partial charge in [-0.25, -0.2) is 0 Å². The maximum absolute atomic E-state index is 2.37. The molecule has 0 aliphatic carbocycles. The Balaban J connectivity index is 1.58. The van der Waals surface area contributed by atoms with Crippen LogP contribution in [0.5, 0.6) is 0 Å². The second-order valence-corrected chi connectivity index (χ2v) is 7.95. The van der Waals surface area contributed by atoms with Gasteiger partial charge in [0.25, 0.3) is 0 Å². The fraction of sp³-hybridized carbons (Fsp3) is 0.0769. The number of rotatable bonds is 2. The Kier molecular flexibility index (Phi) is 4.31. The lowest BCUT2D eigenvalue weighted by Crippen LogP contribution is -1.90. The van der Waals surface area contributed by atoms with Crippen LogP contribution in [0.2, 0.25) is 0 Å². The Bertz CT molecular complexity index is 993. The van der Waals surface area contributed by atoms with Crippen molar-refractivity contribution < 1.29 is 0 Å².